The van der Waals surface area contributed by atoms with E-state index in [-0.39, 0.29) is 17.2 Å². The number of nitrogens with zero attached hydrogens (tertiary/aromatic N) is 1. The summed E-state index contributed by atoms with van der Waals surface area (Å²) in [6.45, 7) is 8.18. The van der Waals surface area contributed by atoms with Crippen LogP contribution in [0.5, 0.6) is 0 Å². The van der Waals surface area contributed by atoms with Crippen LogP contribution in [-0.2, 0) is 0 Å². The van der Waals surface area contributed by atoms with Crippen LogP contribution in [0.4, 0.5) is 0 Å². The van der Waals surface area contributed by atoms with Crippen LogP contribution in [0.15, 0.2) is 36.9 Å². The number of allylic oxidation sites excluding steroid dienone is 1. The molecular weight excluding hydrogens is 226 g/mol. The first-order valence-electron chi connectivity index (χ1n) is 6.02. The molecule has 1 aromatic carbocycles. The summed E-state index contributed by atoms with van der Waals surface area (Å²) in [5.74, 6) is -0.375. The molecule has 1 aliphatic heterocycles. The van der Waals surface area contributed by atoms with Crippen LogP contribution in [0.1, 0.15) is 41.0 Å². The average molecular weight is 243 g/mol. The summed E-state index contributed by atoms with van der Waals surface area (Å²) in [5.41, 5.74) is 0.878. The zero-order chi connectivity index (χ0) is 13.3. The lowest BCUT2D eigenvalue weighted by atomic mass is 9.89. The second-order valence-electron chi connectivity index (χ2n) is 5.40. The molecule has 1 aliphatic rings. The molecule has 94 valence electrons. The van der Waals surface area contributed by atoms with Crippen molar-refractivity contribution in [2.75, 3.05) is 6.54 Å². The quantitative estimate of drug-likeness (QED) is 0.602. The van der Waals surface area contributed by atoms with Crippen molar-refractivity contribution in [2.24, 2.45) is 5.41 Å². The molecule has 0 saturated heterocycles. The van der Waals surface area contributed by atoms with E-state index >= 15 is 0 Å². The van der Waals surface area contributed by atoms with E-state index in [2.05, 4.69) is 6.58 Å². The zero-order valence-electron chi connectivity index (χ0n) is 10.8. The number of hydrogen-bond donors (Lipinski definition) is 0. The number of carbonyl (C=O) groups is 2. The highest BCUT2D eigenvalue weighted by Gasteiger charge is 2.37. The summed E-state index contributed by atoms with van der Waals surface area (Å²) < 4.78 is 0. The highest BCUT2D eigenvalue weighted by molar-refractivity contribution is 6.21. The first kappa shape index (κ1) is 12.6. The maximum atomic E-state index is 12.2. The van der Waals surface area contributed by atoms with Crippen LogP contribution in [0.2, 0.25) is 0 Å². The lowest BCUT2D eigenvalue weighted by Crippen LogP contribution is -2.38. The maximum Gasteiger partial charge on any atom is 0.261 e. The zero-order valence-corrected chi connectivity index (χ0v) is 10.8. The van der Waals surface area contributed by atoms with Gasteiger partial charge in [0.1, 0.15) is 0 Å². The van der Waals surface area contributed by atoms with E-state index in [0.29, 0.717) is 17.7 Å². The van der Waals surface area contributed by atoms with Gasteiger partial charge in [-0.05, 0) is 24.0 Å². The first-order chi connectivity index (χ1) is 8.46. The monoisotopic (exact) mass is 243 g/mol. The van der Waals surface area contributed by atoms with E-state index in [1.165, 1.54) is 4.90 Å². The minimum absolute atomic E-state index is 0.144. The number of fused-ring (bicyclic) bond motifs is 1. The molecule has 0 unspecified atom stereocenters. The van der Waals surface area contributed by atoms with E-state index in [1.807, 2.05) is 19.9 Å². The molecule has 2 rings (SSSR count). The fourth-order valence-corrected chi connectivity index (χ4v) is 2.27. The molecule has 3 nitrogen and oxygen atoms in total. The number of hydrogen-bond acceptors (Lipinski definition) is 2. The molecule has 1 heterocycles. The average Bonchev–Trinajstić information content (AvgIpc) is 2.55. The van der Waals surface area contributed by atoms with E-state index in [0.717, 1.165) is 6.42 Å². The normalized spacial score (nSPS) is 14.9. The Morgan fingerprint density at radius 2 is 1.67 bits per heavy atom. The Morgan fingerprint density at radius 3 is 2.11 bits per heavy atom. The molecule has 1 aromatic rings. The van der Waals surface area contributed by atoms with Crippen molar-refractivity contribution >= 4 is 11.8 Å². The van der Waals surface area contributed by atoms with Gasteiger partial charge in [0, 0.05) is 6.54 Å². The molecule has 0 fully saturated rings. The fourth-order valence-electron chi connectivity index (χ4n) is 2.27. The summed E-state index contributed by atoms with van der Waals surface area (Å²) in [5, 5.41) is 0. The van der Waals surface area contributed by atoms with Gasteiger partial charge in [0.2, 0.25) is 0 Å². The molecule has 0 spiro atoms. The highest BCUT2D eigenvalue weighted by atomic mass is 16.2. The third-order valence-electron chi connectivity index (χ3n) is 3.16. The molecule has 0 aliphatic carbocycles. The summed E-state index contributed by atoms with van der Waals surface area (Å²) in [6, 6.07) is 6.97. The summed E-state index contributed by atoms with van der Waals surface area (Å²) in [4.78, 5) is 25.7. The number of rotatable bonds is 4. The number of carbonyl (C=O) groups excluding carboxylic acids is 2. The van der Waals surface area contributed by atoms with Gasteiger partial charge in [-0.1, -0.05) is 32.1 Å². The van der Waals surface area contributed by atoms with Crippen LogP contribution in [0.3, 0.4) is 0 Å². The lowest BCUT2D eigenvalue weighted by Gasteiger charge is -2.27. The standard InChI is InChI=1S/C15H17NO2/c1-4-9-15(2,3)10-16-13(17)11-7-5-6-8-12(11)14(16)18/h4-8H,1,9-10H2,2-3H3. The SMILES string of the molecule is C=CCC(C)(C)CN1C(=O)c2ccccc2C1=O. The van der Waals surface area contributed by atoms with Crippen molar-refractivity contribution < 1.29 is 9.59 Å². The van der Waals surface area contributed by atoms with E-state index in [9.17, 15) is 9.59 Å². The Labute approximate surface area is 107 Å². The molecule has 0 atom stereocenters. The Kier molecular flexibility index (Phi) is 3.07. The first-order valence-corrected chi connectivity index (χ1v) is 6.02. The van der Waals surface area contributed by atoms with Crippen LogP contribution in [0, 0.1) is 5.41 Å². The third-order valence-corrected chi connectivity index (χ3v) is 3.16. The Balaban J connectivity index is 2.26. The van der Waals surface area contributed by atoms with Gasteiger partial charge < -0.3 is 0 Å². The fraction of sp³-hybridized carbons (Fsp3) is 0.333. The van der Waals surface area contributed by atoms with Gasteiger partial charge in [0.15, 0.2) is 0 Å². The van der Waals surface area contributed by atoms with Crippen molar-refractivity contribution in [1.29, 1.82) is 0 Å². The Bertz CT molecular complexity index is 482. The van der Waals surface area contributed by atoms with Crippen molar-refractivity contribution in [3.63, 3.8) is 0 Å². The lowest BCUT2D eigenvalue weighted by molar-refractivity contribution is 0.0591. The van der Waals surface area contributed by atoms with Gasteiger partial charge in [-0.3, -0.25) is 14.5 Å². The Hall–Kier alpha value is -1.90. The molecular formula is C15H17NO2. The molecule has 3 heteroatoms. The second-order valence-corrected chi connectivity index (χ2v) is 5.40. The van der Waals surface area contributed by atoms with Gasteiger partial charge >= 0.3 is 0 Å². The van der Waals surface area contributed by atoms with Crippen molar-refractivity contribution in [3.05, 3.63) is 48.0 Å². The Morgan fingerprint density at radius 1 is 1.17 bits per heavy atom. The highest BCUT2D eigenvalue weighted by Crippen LogP contribution is 2.28. The number of imide groups is 1. The summed E-state index contributed by atoms with van der Waals surface area (Å²) >= 11 is 0. The van der Waals surface area contributed by atoms with E-state index in [4.69, 9.17) is 0 Å². The van der Waals surface area contributed by atoms with Gasteiger partial charge in [0.25, 0.3) is 11.8 Å². The summed E-state index contributed by atoms with van der Waals surface area (Å²) in [6.07, 6.45) is 2.58. The number of amides is 2. The van der Waals surface area contributed by atoms with Crippen LogP contribution in [0.25, 0.3) is 0 Å². The van der Waals surface area contributed by atoms with Gasteiger partial charge in [-0.25, -0.2) is 0 Å². The second kappa shape index (κ2) is 4.41. The summed E-state index contributed by atoms with van der Waals surface area (Å²) in [7, 11) is 0. The van der Waals surface area contributed by atoms with Crippen molar-refractivity contribution in [1.82, 2.24) is 4.90 Å². The van der Waals surface area contributed by atoms with E-state index in [1.54, 1.807) is 24.3 Å². The van der Waals surface area contributed by atoms with Crippen LogP contribution < -0.4 is 0 Å². The van der Waals surface area contributed by atoms with E-state index < -0.39 is 0 Å². The van der Waals surface area contributed by atoms with Crippen LogP contribution >= 0.6 is 0 Å². The van der Waals surface area contributed by atoms with Crippen LogP contribution in [-0.4, -0.2) is 23.3 Å². The molecule has 2 amide bonds. The maximum absolute atomic E-state index is 12.2. The molecule has 18 heavy (non-hydrogen) atoms. The molecule has 0 radical (unpaired) electrons. The van der Waals surface area contributed by atoms with Crippen molar-refractivity contribution in [2.45, 2.75) is 20.3 Å². The van der Waals surface area contributed by atoms with Gasteiger partial charge in [-0.2, -0.15) is 0 Å². The van der Waals surface area contributed by atoms with Gasteiger partial charge in [0.05, 0.1) is 11.1 Å². The largest absolute Gasteiger partial charge is 0.274 e. The molecule has 0 N–H and O–H groups in total. The molecule has 0 saturated carbocycles. The van der Waals surface area contributed by atoms with Crippen molar-refractivity contribution in [3.8, 4) is 0 Å². The minimum atomic E-state index is -0.187. The predicted octanol–water partition coefficient (Wildman–Crippen LogP) is 2.88. The molecule has 0 bridgehead atoms. The predicted molar refractivity (Wildman–Crippen MR) is 70.4 cm³/mol. The third kappa shape index (κ3) is 2.08. The smallest absolute Gasteiger partial charge is 0.261 e. The topological polar surface area (TPSA) is 37.4 Å². The number of benzene rings is 1. The van der Waals surface area contributed by atoms with Gasteiger partial charge in [-0.15, -0.1) is 6.58 Å². The minimum Gasteiger partial charge on any atom is -0.274 e. The molecule has 0 aromatic heterocycles.